The second-order valence-corrected chi connectivity index (χ2v) is 7.60. The quantitative estimate of drug-likeness (QED) is 0.846. The van der Waals surface area contributed by atoms with Crippen molar-refractivity contribution in [1.29, 1.82) is 0 Å². The zero-order valence-electron chi connectivity index (χ0n) is 13.6. The first-order valence-electron chi connectivity index (χ1n) is 8.67. The molecule has 0 radical (unpaired) electrons. The number of hydrogen-bond acceptors (Lipinski definition) is 2. The maximum Gasteiger partial charge on any atom is 0.307 e. The van der Waals surface area contributed by atoms with E-state index in [2.05, 4.69) is 17.1 Å². The Morgan fingerprint density at radius 1 is 1.38 bits per heavy atom. The highest BCUT2D eigenvalue weighted by molar-refractivity contribution is 5.89. The molecule has 5 rings (SSSR count). The summed E-state index contributed by atoms with van der Waals surface area (Å²) in [7, 11) is 0. The summed E-state index contributed by atoms with van der Waals surface area (Å²) < 4.78 is 0. The van der Waals surface area contributed by atoms with Crippen LogP contribution in [0.5, 0.6) is 0 Å². The SMILES string of the molecule is CC1CC23c4[nH]c5ccccc5c4CCN2C(=O)CC3[C@@H]1C(=O)O. The Hall–Kier alpha value is -2.30. The Labute approximate surface area is 139 Å². The second-order valence-electron chi connectivity index (χ2n) is 7.60. The first-order chi connectivity index (χ1) is 11.5. The molecule has 0 bridgehead atoms. The molecule has 3 unspecified atom stereocenters. The highest BCUT2D eigenvalue weighted by Gasteiger charge is 2.65. The van der Waals surface area contributed by atoms with E-state index in [1.54, 1.807) is 0 Å². The summed E-state index contributed by atoms with van der Waals surface area (Å²) in [5, 5.41) is 11.0. The van der Waals surface area contributed by atoms with Crippen LogP contribution in [-0.2, 0) is 21.5 Å². The van der Waals surface area contributed by atoms with E-state index in [-0.39, 0.29) is 17.7 Å². The molecule has 3 heterocycles. The van der Waals surface area contributed by atoms with Crippen LogP contribution >= 0.6 is 0 Å². The summed E-state index contributed by atoms with van der Waals surface area (Å²) >= 11 is 0. The number of para-hydroxylation sites is 1. The lowest BCUT2D eigenvalue weighted by Gasteiger charge is -2.43. The molecule has 4 atom stereocenters. The van der Waals surface area contributed by atoms with Crippen molar-refractivity contribution in [3.05, 3.63) is 35.5 Å². The van der Waals surface area contributed by atoms with Gasteiger partial charge < -0.3 is 15.0 Å². The Bertz CT molecular complexity index is 886. The Morgan fingerprint density at radius 2 is 2.17 bits per heavy atom. The Kier molecular flexibility index (Phi) is 2.58. The number of H-pyrrole nitrogens is 1. The normalized spacial score (nSPS) is 34.3. The van der Waals surface area contributed by atoms with Crippen LogP contribution in [0.1, 0.15) is 31.0 Å². The predicted octanol–water partition coefficient (Wildman–Crippen LogP) is 2.51. The maximum atomic E-state index is 12.6. The van der Waals surface area contributed by atoms with Gasteiger partial charge in [-0.15, -0.1) is 0 Å². The molecule has 1 amide bonds. The Balaban J connectivity index is 1.78. The van der Waals surface area contributed by atoms with Gasteiger partial charge in [-0.3, -0.25) is 9.59 Å². The van der Waals surface area contributed by atoms with E-state index in [4.69, 9.17) is 0 Å². The largest absolute Gasteiger partial charge is 0.481 e. The fourth-order valence-electron chi connectivity index (χ4n) is 5.80. The number of nitrogens with zero attached hydrogens (tertiary/aromatic N) is 1. The average molecular weight is 324 g/mol. The molecule has 1 aromatic heterocycles. The molecule has 24 heavy (non-hydrogen) atoms. The van der Waals surface area contributed by atoms with Crippen molar-refractivity contribution in [3.8, 4) is 0 Å². The molecule has 124 valence electrons. The van der Waals surface area contributed by atoms with Gasteiger partial charge in [-0.05, 0) is 30.4 Å². The van der Waals surface area contributed by atoms with Crippen molar-refractivity contribution >= 4 is 22.8 Å². The van der Waals surface area contributed by atoms with Crippen LogP contribution in [0, 0.1) is 17.8 Å². The Morgan fingerprint density at radius 3 is 2.96 bits per heavy atom. The maximum absolute atomic E-state index is 12.6. The molecule has 2 aliphatic heterocycles. The number of fused-ring (bicyclic) bond motifs is 3. The van der Waals surface area contributed by atoms with Gasteiger partial charge in [0.05, 0.1) is 11.5 Å². The first kappa shape index (κ1) is 14.1. The summed E-state index contributed by atoms with van der Waals surface area (Å²) in [6, 6.07) is 8.23. The number of carboxylic acids is 1. The average Bonchev–Trinajstić information content (AvgIpc) is 3.13. The smallest absolute Gasteiger partial charge is 0.307 e. The zero-order chi connectivity index (χ0) is 16.6. The van der Waals surface area contributed by atoms with Crippen LogP contribution in [0.4, 0.5) is 0 Å². The van der Waals surface area contributed by atoms with Gasteiger partial charge in [0, 0.05) is 35.5 Å². The van der Waals surface area contributed by atoms with Crippen LogP contribution < -0.4 is 0 Å². The molecule has 1 saturated heterocycles. The molecule has 1 spiro atoms. The number of carbonyl (C=O) groups excluding carboxylic acids is 1. The van der Waals surface area contributed by atoms with E-state index in [1.165, 1.54) is 10.9 Å². The van der Waals surface area contributed by atoms with Crippen LogP contribution in [0.3, 0.4) is 0 Å². The number of carboxylic acid groups (broad SMARTS) is 1. The molecule has 2 N–H and O–H groups in total. The second kappa shape index (κ2) is 4.41. The van der Waals surface area contributed by atoms with Gasteiger partial charge in [-0.1, -0.05) is 25.1 Å². The third-order valence-corrected chi connectivity index (χ3v) is 6.59. The number of benzene rings is 1. The summed E-state index contributed by atoms with van der Waals surface area (Å²) in [5.41, 5.74) is 3.01. The van der Waals surface area contributed by atoms with Gasteiger partial charge in [-0.25, -0.2) is 0 Å². The van der Waals surface area contributed by atoms with E-state index in [1.807, 2.05) is 24.0 Å². The standard InChI is InChI=1S/C19H20N2O3/c1-10-9-19-13(16(10)18(23)24)8-15(22)21(19)7-6-12-11-4-2-3-5-14(11)20-17(12)19/h2-5,10,13,16,20H,6-9H2,1H3,(H,23,24)/t10?,13?,16-,19?/m1/s1. The van der Waals surface area contributed by atoms with Gasteiger partial charge >= 0.3 is 5.97 Å². The fourth-order valence-corrected chi connectivity index (χ4v) is 5.80. The molecule has 1 aliphatic carbocycles. The molecule has 1 saturated carbocycles. The highest BCUT2D eigenvalue weighted by Crippen LogP contribution is 2.61. The number of rotatable bonds is 1. The molecule has 2 aromatic rings. The van der Waals surface area contributed by atoms with Crippen molar-refractivity contribution in [2.75, 3.05) is 6.54 Å². The minimum absolute atomic E-state index is 0.0699. The number of aromatic amines is 1. The lowest BCUT2D eigenvalue weighted by molar-refractivity contribution is -0.144. The number of carbonyl (C=O) groups is 2. The summed E-state index contributed by atoms with van der Waals surface area (Å²) in [6.45, 7) is 2.72. The highest BCUT2D eigenvalue weighted by atomic mass is 16.4. The van der Waals surface area contributed by atoms with E-state index in [0.29, 0.717) is 13.0 Å². The van der Waals surface area contributed by atoms with Gasteiger partial charge in [0.1, 0.15) is 0 Å². The number of nitrogens with one attached hydrogen (secondary N) is 1. The van der Waals surface area contributed by atoms with Crippen LogP contribution in [0.15, 0.2) is 24.3 Å². The lowest BCUT2D eigenvalue weighted by Crippen LogP contribution is -2.49. The summed E-state index contributed by atoms with van der Waals surface area (Å²) in [6.07, 6.45) is 1.93. The number of aromatic nitrogens is 1. The monoisotopic (exact) mass is 324 g/mol. The summed E-state index contributed by atoms with van der Waals surface area (Å²) in [4.78, 5) is 30.1. The van der Waals surface area contributed by atoms with Gasteiger partial charge in [-0.2, -0.15) is 0 Å². The van der Waals surface area contributed by atoms with Gasteiger partial charge in [0.2, 0.25) is 5.91 Å². The molecule has 3 aliphatic rings. The van der Waals surface area contributed by atoms with E-state index >= 15 is 0 Å². The number of aliphatic carboxylic acids is 1. The van der Waals surface area contributed by atoms with Gasteiger partial charge in [0.15, 0.2) is 0 Å². The van der Waals surface area contributed by atoms with Crippen molar-refractivity contribution in [3.63, 3.8) is 0 Å². The lowest BCUT2D eigenvalue weighted by atomic mass is 9.77. The van der Waals surface area contributed by atoms with E-state index in [9.17, 15) is 14.7 Å². The molecule has 2 fully saturated rings. The van der Waals surface area contributed by atoms with Crippen LogP contribution in [-0.4, -0.2) is 33.4 Å². The molecule has 5 nitrogen and oxygen atoms in total. The predicted molar refractivity (Wildman–Crippen MR) is 88.4 cm³/mol. The van der Waals surface area contributed by atoms with E-state index in [0.717, 1.165) is 24.1 Å². The zero-order valence-corrected chi connectivity index (χ0v) is 13.6. The topological polar surface area (TPSA) is 73.4 Å². The van der Waals surface area contributed by atoms with Crippen molar-refractivity contribution in [1.82, 2.24) is 9.88 Å². The van der Waals surface area contributed by atoms with Crippen molar-refractivity contribution in [2.24, 2.45) is 17.8 Å². The minimum atomic E-state index is -0.762. The summed E-state index contributed by atoms with van der Waals surface area (Å²) in [5.74, 6) is -1.16. The third kappa shape index (κ3) is 1.46. The first-order valence-corrected chi connectivity index (χ1v) is 8.67. The van der Waals surface area contributed by atoms with Crippen LogP contribution in [0.2, 0.25) is 0 Å². The molecule has 1 aromatic carbocycles. The molecule has 5 heteroatoms. The van der Waals surface area contributed by atoms with Crippen LogP contribution in [0.25, 0.3) is 10.9 Å². The van der Waals surface area contributed by atoms with Gasteiger partial charge in [0.25, 0.3) is 0 Å². The minimum Gasteiger partial charge on any atom is -0.481 e. The van der Waals surface area contributed by atoms with Crippen molar-refractivity contribution in [2.45, 2.75) is 31.7 Å². The fraction of sp³-hybridized carbons (Fsp3) is 0.474. The molecular formula is C19H20N2O3. The van der Waals surface area contributed by atoms with Crippen molar-refractivity contribution < 1.29 is 14.7 Å². The molecular weight excluding hydrogens is 304 g/mol. The number of amides is 1. The van der Waals surface area contributed by atoms with E-state index < -0.39 is 17.4 Å². The number of hydrogen-bond donors (Lipinski definition) is 2. The third-order valence-electron chi connectivity index (χ3n) is 6.59.